The first-order chi connectivity index (χ1) is 16.8. The number of hydrogen-bond acceptors (Lipinski definition) is 11. The first-order valence-electron chi connectivity index (χ1n) is 11.3. The van der Waals surface area contributed by atoms with Crippen LogP contribution in [0.2, 0.25) is 0 Å². The molecule has 4 rings (SSSR count). The molecule has 0 radical (unpaired) electrons. The van der Waals surface area contributed by atoms with Gasteiger partial charge in [-0.15, -0.1) is 10.2 Å². The van der Waals surface area contributed by atoms with Crippen LogP contribution in [0, 0.1) is 6.92 Å². The molecule has 0 N–H and O–H groups in total. The third-order valence-electron chi connectivity index (χ3n) is 6.21. The van der Waals surface area contributed by atoms with Crippen molar-refractivity contribution in [2.45, 2.75) is 56.6 Å². The molecule has 4 heterocycles. The molecule has 0 amide bonds. The number of hydrogen-bond donors (Lipinski definition) is 0. The second kappa shape index (κ2) is 10.2. The first-order valence-corrected chi connectivity index (χ1v) is 13.0. The van der Waals surface area contributed by atoms with Crippen LogP contribution in [0.3, 0.4) is 0 Å². The molecule has 13 heteroatoms. The molecule has 3 aromatic rings. The molecule has 3 aromatic heterocycles. The fraction of sp³-hybridized carbons (Fsp3) is 0.545. The average molecular weight is 504 g/mol. The SMILES string of the molecule is COc1ncnc(OC)c1-n1c(CS(=O)(=O)[C@@H](C)[C@H](C)c2cnc(C)cn2)nnc1[C@H]1CCCO1. The number of methoxy groups -OCH3 is 2. The Morgan fingerprint density at radius 3 is 2.37 bits per heavy atom. The molecule has 1 saturated heterocycles. The van der Waals surface area contributed by atoms with Crippen molar-refractivity contribution in [1.29, 1.82) is 0 Å². The Bertz CT molecular complexity index is 1250. The summed E-state index contributed by atoms with van der Waals surface area (Å²) in [5.41, 5.74) is 1.69. The van der Waals surface area contributed by atoms with Crippen molar-refractivity contribution in [3.05, 3.63) is 41.8 Å². The molecule has 0 aliphatic carbocycles. The average Bonchev–Trinajstić information content (AvgIpc) is 3.52. The molecule has 0 bridgehead atoms. The minimum absolute atomic E-state index is 0.191. The van der Waals surface area contributed by atoms with Crippen LogP contribution < -0.4 is 9.47 Å². The maximum Gasteiger partial charge on any atom is 0.245 e. The van der Waals surface area contributed by atoms with E-state index in [0.717, 1.165) is 18.5 Å². The Kier molecular flexibility index (Phi) is 7.26. The van der Waals surface area contributed by atoms with Crippen molar-refractivity contribution in [3.8, 4) is 17.4 Å². The Labute approximate surface area is 204 Å². The molecule has 0 aromatic carbocycles. The van der Waals surface area contributed by atoms with Gasteiger partial charge in [0.15, 0.2) is 27.2 Å². The van der Waals surface area contributed by atoms with Gasteiger partial charge in [0.2, 0.25) is 11.8 Å². The second-order valence-corrected chi connectivity index (χ2v) is 10.8. The van der Waals surface area contributed by atoms with Gasteiger partial charge in [-0.05, 0) is 26.7 Å². The highest BCUT2D eigenvalue weighted by atomic mass is 32.2. The summed E-state index contributed by atoms with van der Waals surface area (Å²) in [6.45, 7) is 5.89. The lowest BCUT2D eigenvalue weighted by Crippen LogP contribution is -2.27. The highest BCUT2D eigenvalue weighted by molar-refractivity contribution is 7.91. The van der Waals surface area contributed by atoms with Crippen LogP contribution in [0.1, 0.15) is 61.7 Å². The van der Waals surface area contributed by atoms with Crippen LogP contribution in [-0.2, 0) is 20.3 Å². The van der Waals surface area contributed by atoms with E-state index in [0.29, 0.717) is 23.8 Å². The molecule has 1 aliphatic rings. The maximum atomic E-state index is 13.6. The number of ether oxygens (including phenoxy) is 3. The van der Waals surface area contributed by atoms with E-state index in [1.807, 2.05) is 13.8 Å². The molecular weight excluding hydrogens is 474 g/mol. The van der Waals surface area contributed by atoms with Gasteiger partial charge in [-0.3, -0.25) is 14.5 Å². The third kappa shape index (κ3) is 4.96. The molecule has 3 atom stereocenters. The monoisotopic (exact) mass is 503 g/mol. The number of aromatic nitrogens is 7. The second-order valence-electron chi connectivity index (χ2n) is 8.44. The lowest BCUT2D eigenvalue weighted by Gasteiger charge is -2.21. The Morgan fingerprint density at radius 2 is 1.80 bits per heavy atom. The van der Waals surface area contributed by atoms with Gasteiger partial charge in [-0.2, -0.15) is 9.97 Å². The van der Waals surface area contributed by atoms with Crippen molar-refractivity contribution in [1.82, 2.24) is 34.7 Å². The van der Waals surface area contributed by atoms with Gasteiger partial charge in [-0.25, -0.2) is 8.42 Å². The highest BCUT2D eigenvalue weighted by Crippen LogP contribution is 2.36. The van der Waals surface area contributed by atoms with E-state index in [-0.39, 0.29) is 35.4 Å². The smallest absolute Gasteiger partial charge is 0.245 e. The van der Waals surface area contributed by atoms with E-state index < -0.39 is 15.1 Å². The van der Waals surface area contributed by atoms with E-state index >= 15 is 0 Å². The van der Waals surface area contributed by atoms with E-state index in [4.69, 9.17) is 14.2 Å². The van der Waals surface area contributed by atoms with E-state index in [9.17, 15) is 8.42 Å². The van der Waals surface area contributed by atoms with Crippen molar-refractivity contribution in [2.75, 3.05) is 20.8 Å². The molecule has 0 unspecified atom stereocenters. The maximum absolute atomic E-state index is 13.6. The molecular formula is C22H29N7O5S. The molecule has 0 spiro atoms. The molecule has 0 saturated carbocycles. The van der Waals surface area contributed by atoms with Crippen LogP contribution in [-0.4, -0.2) is 69.2 Å². The molecule has 12 nitrogen and oxygen atoms in total. The van der Waals surface area contributed by atoms with E-state index in [1.54, 1.807) is 23.9 Å². The van der Waals surface area contributed by atoms with Crippen molar-refractivity contribution < 1.29 is 22.6 Å². The summed E-state index contributed by atoms with van der Waals surface area (Å²) < 4.78 is 45.4. The lowest BCUT2D eigenvalue weighted by molar-refractivity contribution is 0.103. The van der Waals surface area contributed by atoms with Gasteiger partial charge in [-0.1, -0.05) is 6.92 Å². The summed E-state index contributed by atoms with van der Waals surface area (Å²) in [4.78, 5) is 17.0. The van der Waals surface area contributed by atoms with Crippen LogP contribution in [0.25, 0.3) is 5.69 Å². The van der Waals surface area contributed by atoms with Gasteiger partial charge in [0.25, 0.3) is 0 Å². The fourth-order valence-electron chi connectivity index (χ4n) is 4.00. The summed E-state index contributed by atoms with van der Waals surface area (Å²) in [5.74, 6) is 0.279. The van der Waals surface area contributed by atoms with E-state index in [1.165, 1.54) is 20.5 Å². The van der Waals surface area contributed by atoms with Gasteiger partial charge in [0, 0.05) is 24.9 Å². The van der Waals surface area contributed by atoms with Crippen LogP contribution in [0.5, 0.6) is 11.8 Å². The lowest BCUT2D eigenvalue weighted by atomic mass is 10.1. The van der Waals surface area contributed by atoms with Crippen LogP contribution in [0.4, 0.5) is 0 Å². The molecule has 1 fully saturated rings. The number of aryl methyl sites for hydroxylation is 1. The van der Waals surface area contributed by atoms with Gasteiger partial charge >= 0.3 is 0 Å². The summed E-state index contributed by atoms with van der Waals surface area (Å²) in [6.07, 6.45) is 5.78. The Morgan fingerprint density at radius 1 is 1.09 bits per heavy atom. The van der Waals surface area contributed by atoms with Crippen molar-refractivity contribution in [3.63, 3.8) is 0 Å². The number of rotatable bonds is 9. The normalized spacial score (nSPS) is 17.8. The van der Waals surface area contributed by atoms with Crippen LogP contribution in [0.15, 0.2) is 18.7 Å². The Balaban J connectivity index is 1.76. The highest BCUT2D eigenvalue weighted by Gasteiger charge is 2.34. The quantitative estimate of drug-likeness (QED) is 0.423. The zero-order valence-corrected chi connectivity index (χ0v) is 21.2. The minimum Gasteiger partial charge on any atom is -0.479 e. The molecule has 35 heavy (non-hydrogen) atoms. The van der Waals surface area contributed by atoms with Crippen molar-refractivity contribution in [2.24, 2.45) is 0 Å². The van der Waals surface area contributed by atoms with E-state index in [2.05, 4.69) is 30.1 Å². The summed E-state index contributed by atoms with van der Waals surface area (Å²) in [6, 6.07) is 0. The predicted molar refractivity (Wildman–Crippen MR) is 125 cm³/mol. The minimum atomic E-state index is -3.71. The van der Waals surface area contributed by atoms with Gasteiger partial charge in [0.1, 0.15) is 18.2 Å². The van der Waals surface area contributed by atoms with Gasteiger partial charge in [0.05, 0.1) is 30.9 Å². The number of nitrogens with zero attached hydrogens (tertiary/aromatic N) is 7. The van der Waals surface area contributed by atoms with Crippen LogP contribution >= 0.6 is 0 Å². The summed E-state index contributed by atoms with van der Waals surface area (Å²) in [5, 5.41) is 7.82. The summed E-state index contributed by atoms with van der Waals surface area (Å²) >= 11 is 0. The van der Waals surface area contributed by atoms with Gasteiger partial charge < -0.3 is 14.2 Å². The zero-order valence-electron chi connectivity index (χ0n) is 20.4. The predicted octanol–water partition coefficient (Wildman–Crippen LogP) is 2.13. The van der Waals surface area contributed by atoms with Crippen molar-refractivity contribution >= 4 is 9.84 Å². The topological polar surface area (TPSA) is 144 Å². The standard InChI is InChI=1S/C22H29N7O5S/c1-13-9-24-16(10-23-13)14(2)15(3)35(30,31)11-18-27-28-20(17-7-6-8-34-17)29(18)19-21(32-4)25-12-26-22(19)33-5/h9-10,12,14-15,17H,6-8,11H2,1-5H3/t14-,15-,17+/m0/s1. The Hall–Kier alpha value is -3.19. The fourth-order valence-corrected chi connectivity index (χ4v) is 5.57. The molecule has 1 aliphatic heterocycles. The largest absolute Gasteiger partial charge is 0.479 e. The number of sulfone groups is 1. The zero-order chi connectivity index (χ0) is 25.2. The molecule has 188 valence electrons. The third-order valence-corrected chi connectivity index (χ3v) is 8.41. The first kappa shape index (κ1) is 24.9. The summed E-state index contributed by atoms with van der Waals surface area (Å²) in [7, 11) is -0.780.